The van der Waals surface area contributed by atoms with E-state index < -0.39 is 0 Å². The van der Waals surface area contributed by atoms with E-state index in [0.717, 1.165) is 60.9 Å². The molecule has 0 N–H and O–H groups in total. The number of aliphatic imine (C=N–C) groups is 3. The first kappa shape index (κ1) is 29.0. The van der Waals surface area contributed by atoms with Crippen molar-refractivity contribution >= 4 is 51.1 Å². The maximum absolute atomic E-state index is 6.63. The van der Waals surface area contributed by atoms with E-state index in [1.54, 1.807) is 0 Å². The van der Waals surface area contributed by atoms with Crippen molar-refractivity contribution in [2.45, 2.75) is 6.54 Å². The SMILES string of the molecule is C=N/C(=N\C(=N/Cc1ccccc1)c1ccc(-c2ccccc2)cc1)c1cccc2oc3c(-c4cccc5ccccc45)cccc3c12. The summed E-state index contributed by atoms with van der Waals surface area (Å²) in [6.45, 7) is 4.44. The van der Waals surface area contributed by atoms with Gasteiger partial charge < -0.3 is 4.42 Å². The normalized spacial score (nSPS) is 12.2. The van der Waals surface area contributed by atoms with Gasteiger partial charge in [-0.15, -0.1) is 0 Å². The maximum atomic E-state index is 6.63. The van der Waals surface area contributed by atoms with Crippen LogP contribution in [0.25, 0.3) is 55.0 Å². The highest BCUT2D eigenvalue weighted by Gasteiger charge is 2.19. The number of rotatable bonds is 6. The average Bonchev–Trinajstić information content (AvgIpc) is 3.55. The summed E-state index contributed by atoms with van der Waals surface area (Å²) in [5.74, 6) is 1.07. The Labute approximate surface area is 279 Å². The number of hydrogen-bond donors (Lipinski definition) is 0. The zero-order valence-corrected chi connectivity index (χ0v) is 26.3. The van der Waals surface area contributed by atoms with Crippen LogP contribution in [0.2, 0.25) is 0 Å². The molecule has 4 heteroatoms. The molecular formula is C44H31N3O. The molecule has 48 heavy (non-hydrogen) atoms. The van der Waals surface area contributed by atoms with Crippen LogP contribution in [0.5, 0.6) is 0 Å². The lowest BCUT2D eigenvalue weighted by Gasteiger charge is -2.09. The largest absolute Gasteiger partial charge is 0.455 e. The van der Waals surface area contributed by atoms with Crippen molar-refractivity contribution in [2.24, 2.45) is 15.0 Å². The number of para-hydroxylation sites is 1. The second-order valence-corrected chi connectivity index (χ2v) is 11.7. The highest BCUT2D eigenvalue weighted by molar-refractivity contribution is 6.23. The van der Waals surface area contributed by atoms with Gasteiger partial charge in [-0.05, 0) is 45.8 Å². The Hall–Kier alpha value is -6.39. The molecule has 0 aliphatic heterocycles. The first-order chi connectivity index (χ1) is 23.8. The zero-order valence-electron chi connectivity index (χ0n) is 26.3. The molecule has 0 spiro atoms. The molecule has 0 radical (unpaired) electrons. The van der Waals surface area contributed by atoms with E-state index in [1.807, 2.05) is 54.6 Å². The second-order valence-electron chi connectivity index (χ2n) is 11.7. The van der Waals surface area contributed by atoms with Crippen molar-refractivity contribution in [2.75, 3.05) is 0 Å². The summed E-state index contributed by atoms with van der Waals surface area (Å²) in [5, 5.41) is 4.31. The van der Waals surface area contributed by atoms with E-state index in [4.69, 9.17) is 14.4 Å². The molecule has 0 atom stereocenters. The minimum atomic E-state index is 0.484. The summed E-state index contributed by atoms with van der Waals surface area (Å²) < 4.78 is 6.63. The smallest absolute Gasteiger partial charge is 0.161 e. The van der Waals surface area contributed by atoms with E-state index in [9.17, 15) is 0 Å². The van der Waals surface area contributed by atoms with Crippen molar-refractivity contribution < 1.29 is 4.42 Å². The molecule has 228 valence electrons. The van der Waals surface area contributed by atoms with Gasteiger partial charge in [0.1, 0.15) is 11.2 Å². The average molecular weight is 618 g/mol. The molecule has 0 bridgehead atoms. The van der Waals surface area contributed by atoms with E-state index in [2.05, 4.69) is 121 Å². The van der Waals surface area contributed by atoms with Gasteiger partial charge in [-0.3, -0.25) is 4.99 Å². The minimum Gasteiger partial charge on any atom is -0.455 e. The molecule has 0 aliphatic rings. The van der Waals surface area contributed by atoms with Gasteiger partial charge in [0, 0.05) is 27.5 Å². The van der Waals surface area contributed by atoms with Crippen LogP contribution in [0, 0.1) is 0 Å². The molecule has 4 nitrogen and oxygen atoms in total. The highest BCUT2D eigenvalue weighted by Crippen LogP contribution is 2.39. The Morgan fingerprint density at radius 3 is 2.00 bits per heavy atom. The van der Waals surface area contributed by atoms with Crippen LogP contribution < -0.4 is 0 Å². The van der Waals surface area contributed by atoms with Gasteiger partial charge in [0.15, 0.2) is 11.7 Å². The molecule has 8 aromatic rings. The monoisotopic (exact) mass is 617 g/mol. The first-order valence-corrected chi connectivity index (χ1v) is 16.0. The molecular weight excluding hydrogens is 587 g/mol. The Kier molecular flexibility index (Phi) is 7.73. The van der Waals surface area contributed by atoms with E-state index >= 15 is 0 Å². The van der Waals surface area contributed by atoms with Crippen LogP contribution in [-0.4, -0.2) is 18.4 Å². The zero-order chi connectivity index (χ0) is 32.3. The van der Waals surface area contributed by atoms with Crippen molar-refractivity contribution in [1.29, 1.82) is 0 Å². The van der Waals surface area contributed by atoms with Gasteiger partial charge >= 0.3 is 0 Å². The molecule has 1 heterocycles. The molecule has 1 aromatic heterocycles. The summed E-state index contributed by atoms with van der Waals surface area (Å²) in [5.41, 5.74) is 8.89. The fraction of sp³-hybridized carbons (Fsp3) is 0.0227. The lowest BCUT2D eigenvalue weighted by molar-refractivity contribution is 0.670. The predicted molar refractivity (Wildman–Crippen MR) is 201 cm³/mol. The molecule has 7 aromatic carbocycles. The number of fused-ring (bicyclic) bond motifs is 4. The Bertz CT molecular complexity index is 2470. The number of hydrogen-bond acceptors (Lipinski definition) is 2. The van der Waals surface area contributed by atoms with Gasteiger partial charge in [0.05, 0.1) is 6.54 Å². The third-order valence-electron chi connectivity index (χ3n) is 8.71. The van der Waals surface area contributed by atoms with E-state index in [1.165, 1.54) is 10.8 Å². The Balaban J connectivity index is 1.27. The summed E-state index contributed by atoms with van der Waals surface area (Å²) in [6, 6.07) is 56.1. The lowest BCUT2D eigenvalue weighted by Crippen LogP contribution is -2.06. The molecule has 0 amide bonds. The number of nitrogens with zero attached hydrogens (tertiary/aromatic N) is 3. The van der Waals surface area contributed by atoms with Gasteiger partial charge in [-0.25, -0.2) is 9.98 Å². The summed E-state index contributed by atoms with van der Waals surface area (Å²) in [4.78, 5) is 14.6. The Morgan fingerprint density at radius 1 is 0.542 bits per heavy atom. The Morgan fingerprint density at radius 2 is 1.19 bits per heavy atom. The van der Waals surface area contributed by atoms with Gasteiger partial charge in [0.25, 0.3) is 0 Å². The molecule has 0 aliphatic carbocycles. The van der Waals surface area contributed by atoms with E-state index in [-0.39, 0.29) is 0 Å². The van der Waals surface area contributed by atoms with Crippen LogP contribution in [-0.2, 0) is 6.54 Å². The number of amidine groups is 2. The first-order valence-electron chi connectivity index (χ1n) is 16.0. The third-order valence-corrected chi connectivity index (χ3v) is 8.71. The molecule has 0 saturated carbocycles. The van der Waals surface area contributed by atoms with Gasteiger partial charge in [-0.2, -0.15) is 0 Å². The number of benzene rings is 7. The highest BCUT2D eigenvalue weighted by atomic mass is 16.3. The van der Waals surface area contributed by atoms with Crippen LogP contribution in [0.3, 0.4) is 0 Å². The number of furan rings is 1. The van der Waals surface area contributed by atoms with Crippen molar-refractivity contribution in [3.05, 3.63) is 180 Å². The fourth-order valence-corrected chi connectivity index (χ4v) is 6.37. The van der Waals surface area contributed by atoms with Crippen LogP contribution in [0.4, 0.5) is 0 Å². The fourth-order valence-electron chi connectivity index (χ4n) is 6.37. The molecule has 0 unspecified atom stereocenters. The van der Waals surface area contributed by atoms with Crippen molar-refractivity contribution in [3.63, 3.8) is 0 Å². The van der Waals surface area contributed by atoms with Crippen molar-refractivity contribution in [3.8, 4) is 22.3 Å². The van der Waals surface area contributed by atoms with Crippen LogP contribution in [0.1, 0.15) is 16.7 Å². The standard InChI is InChI=1S/C44H31N3O/c1-45-44(47-43(46-29-30-13-4-2-5-14-30)34-27-25-32(26-28-34)31-15-6-3-7-16-31)39-23-12-24-40-41(39)38-22-11-21-37(42(38)48-40)36-20-10-18-33-17-8-9-19-35(33)36/h2-28H,1,29H2/b46-43-,47-44-. The van der Waals surface area contributed by atoms with Crippen LogP contribution >= 0.6 is 0 Å². The quantitative estimate of drug-likeness (QED) is 0.135. The maximum Gasteiger partial charge on any atom is 0.161 e. The topological polar surface area (TPSA) is 50.2 Å². The summed E-state index contributed by atoms with van der Waals surface area (Å²) >= 11 is 0. The minimum absolute atomic E-state index is 0.484. The third kappa shape index (κ3) is 5.50. The second kappa shape index (κ2) is 12.8. The van der Waals surface area contributed by atoms with Crippen LogP contribution in [0.15, 0.2) is 183 Å². The molecule has 8 rings (SSSR count). The lowest BCUT2D eigenvalue weighted by atomic mass is 9.96. The predicted octanol–water partition coefficient (Wildman–Crippen LogP) is 11.2. The molecule has 0 saturated heterocycles. The van der Waals surface area contributed by atoms with Gasteiger partial charge in [0.2, 0.25) is 0 Å². The van der Waals surface area contributed by atoms with Crippen molar-refractivity contribution in [1.82, 2.24) is 0 Å². The summed E-state index contributed by atoms with van der Waals surface area (Å²) in [7, 11) is 0. The molecule has 0 fully saturated rings. The van der Waals surface area contributed by atoms with E-state index in [0.29, 0.717) is 18.2 Å². The van der Waals surface area contributed by atoms with Gasteiger partial charge in [-0.1, -0.05) is 158 Å². The summed E-state index contributed by atoms with van der Waals surface area (Å²) in [6.07, 6.45) is 0.